The fourth-order valence-electron chi connectivity index (χ4n) is 2.28. The Balaban J connectivity index is 1.45. The van der Waals surface area contributed by atoms with Gasteiger partial charge in [0, 0.05) is 12.2 Å². The van der Waals surface area contributed by atoms with Gasteiger partial charge in [0.05, 0.1) is 5.25 Å². The van der Waals surface area contributed by atoms with Crippen molar-refractivity contribution in [2.75, 3.05) is 11.9 Å². The van der Waals surface area contributed by atoms with E-state index in [9.17, 15) is 4.79 Å². The summed E-state index contributed by atoms with van der Waals surface area (Å²) >= 11 is 2.87. The van der Waals surface area contributed by atoms with Crippen LogP contribution in [0.2, 0.25) is 0 Å². The SMILES string of the molecule is C[C@@H](Sc1nnc(Nc2ccccc2)s1)C(=O)NCCc1ccccc1. The molecule has 1 aromatic heterocycles. The van der Waals surface area contributed by atoms with Gasteiger partial charge in [-0.3, -0.25) is 4.79 Å². The van der Waals surface area contributed by atoms with E-state index in [0.29, 0.717) is 6.54 Å². The van der Waals surface area contributed by atoms with Gasteiger partial charge in [-0.05, 0) is 31.0 Å². The van der Waals surface area contributed by atoms with Crippen molar-refractivity contribution in [3.8, 4) is 0 Å². The Morgan fingerprint density at radius 2 is 1.77 bits per heavy atom. The molecular formula is C19H20N4OS2. The van der Waals surface area contributed by atoms with Crippen LogP contribution in [-0.4, -0.2) is 27.9 Å². The maximum absolute atomic E-state index is 12.2. The highest BCUT2D eigenvalue weighted by Crippen LogP contribution is 2.30. The summed E-state index contributed by atoms with van der Waals surface area (Å²) in [5.41, 5.74) is 2.18. The van der Waals surface area contributed by atoms with Crippen molar-refractivity contribution in [3.05, 3.63) is 66.2 Å². The van der Waals surface area contributed by atoms with Gasteiger partial charge in [-0.1, -0.05) is 71.6 Å². The van der Waals surface area contributed by atoms with Crippen LogP contribution in [0.1, 0.15) is 12.5 Å². The second-order valence-corrected chi connectivity index (χ2v) is 8.22. The number of nitrogens with zero attached hydrogens (tertiary/aromatic N) is 2. The molecule has 0 bridgehead atoms. The van der Waals surface area contributed by atoms with Crippen LogP contribution in [0.5, 0.6) is 0 Å². The van der Waals surface area contributed by atoms with Gasteiger partial charge >= 0.3 is 0 Å². The van der Waals surface area contributed by atoms with Crippen molar-refractivity contribution >= 4 is 39.8 Å². The van der Waals surface area contributed by atoms with Crippen LogP contribution >= 0.6 is 23.1 Å². The molecule has 5 nitrogen and oxygen atoms in total. The van der Waals surface area contributed by atoms with E-state index in [4.69, 9.17) is 0 Å². The average Bonchev–Trinajstić information content (AvgIpc) is 3.10. The summed E-state index contributed by atoms with van der Waals surface area (Å²) in [4.78, 5) is 12.2. The number of benzene rings is 2. The average molecular weight is 385 g/mol. The summed E-state index contributed by atoms with van der Waals surface area (Å²) in [6, 6.07) is 19.9. The minimum atomic E-state index is -0.219. The molecule has 2 N–H and O–H groups in total. The zero-order valence-electron chi connectivity index (χ0n) is 14.4. The van der Waals surface area contributed by atoms with Gasteiger partial charge in [0.25, 0.3) is 0 Å². The Bertz CT molecular complexity index is 824. The second-order valence-electron chi connectivity index (χ2n) is 5.65. The number of anilines is 2. The maximum Gasteiger partial charge on any atom is 0.233 e. The molecular weight excluding hydrogens is 364 g/mol. The highest BCUT2D eigenvalue weighted by molar-refractivity contribution is 8.02. The summed E-state index contributed by atoms with van der Waals surface area (Å²) in [7, 11) is 0. The summed E-state index contributed by atoms with van der Waals surface area (Å²) in [5.74, 6) is 0.0127. The van der Waals surface area contributed by atoms with Crippen LogP contribution < -0.4 is 10.6 Å². The normalized spacial score (nSPS) is 11.7. The number of rotatable bonds is 8. The van der Waals surface area contributed by atoms with Crippen molar-refractivity contribution in [3.63, 3.8) is 0 Å². The summed E-state index contributed by atoms with van der Waals surface area (Å²) in [6.07, 6.45) is 0.827. The zero-order chi connectivity index (χ0) is 18.2. The number of hydrogen-bond acceptors (Lipinski definition) is 6. The molecule has 7 heteroatoms. The number of hydrogen-bond donors (Lipinski definition) is 2. The van der Waals surface area contributed by atoms with E-state index in [1.165, 1.54) is 28.7 Å². The predicted molar refractivity (Wildman–Crippen MR) is 108 cm³/mol. The molecule has 0 saturated carbocycles. The first-order valence-electron chi connectivity index (χ1n) is 8.34. The third-order valence-corrected chi connectivity index (χ3v) is 5.66. The highest BCUT2D eigenvalue weighted by atomic mass is 32.2. The molecule has 2 aromatic carbocycles. The van der Waals surface area contributed by atoms with Gasteiger partial charge in [-0.15, -0.1) is 10.2 Å². The lowest BCUT2D eigenvalue weighted by atomic mass is 10.1. The van der Waals surface area contributed by atoms with Crippen molar-refractivity contribution < 1.29 is 4.79 Å². The van der Waals surface area contributed by atoms with Gasteiger partial charge in [0.15, 0.2) is 4.34 Å². The van der Waals surface area contributed by atoms with Crippen LogP contribution in [-0.2, 0) is 11.2 Å². The molecule has 1 atom stereocenters. The first-order chi connectivity index (χ1) is 12.7. The van der Waals surface area contributed by atoms with E-state index in [1.807, 2.05) is 55.5 Å². The topological polar surface area (TPSA) is 66.9 Å². The minimum Gasteiger partial charge on any atom is -0.355 e. The third-order valence-electron chi connectivity index (χ3n) is 3.63. The second kappa shape index (κ2) is 9.35. The Morgan fingerprint density at radius 3 is 2.50 bits per heavy atom. The monoisotopic (exact) mass is 384 g/mol. The molecule has 134 valence electrons. The number of nitrogens with one attached hydrogen (secondary N) is 2. The molecule has 0 aliphatic heterocycles. The lowest BCUT2D eigenvalue weighted by molar-refractivity contribution is -0.120. The molecule has 1 amide bonds. The lowest BCUT2D eigenvalue weighted by Crippen LogP contribution is -2.32. The van der Waals surface area contributed by atoms with Crippen molar-refractivity contribution in [1.29, 1.82) is 0 Å². The summed E-state index contributed by atoms with van der Waals surface area (Å²) in [6.45, 7) is 2.51. The van der Waals surface area contributed by atoms with Crippen LogP contribution in [0, 0.1) is 0 Å². The number of amides is 1. The molecule has 0 unspecified atom stereocenters. The Kier molecular flexibility index (Phi) is 6.62. The lowest BCUT2D eigenvalue weighted by Gasteiger charge is -2.10. The van der Waals surface area contributed by atoms with E-state index >= 15 is 0 Å². The van der Waals surface area contributed by atoms with Crippen LogP contribution in [0.15, 0.2) is 65.0 Å². The Hall–Kier alpha value is -2.38. The van der Waals surface area contributed by atoms with Gasteiger partial charge in [0.2, 0.25) is 11.0 Å². The van der Waals surface area contributed by atoms with Crippen LogP contribution in [0.3, 0.4) is 0 Å². The molecule has 1 heterocycles. The molecule has 0 aliphatic rings. The van der Waals surface area contributed by atoms with E-state index < -0.39 is 0 Å². The standard InChI is InChI=1S/C19H20N4OS2/c1-14(17(24)20-13-12-15-8-4-2-5-9-15)25-19-23-22-18(26-19)21-16-10-6-3-7-11-16/h2-11,14H,12-13H2,1H3,(H,20,24)(H,21,22)/t14-/m1/s1. The molecule has 0 fully saturated rings. The number of aromatic nitrogens is 2. The van der Waals surface area contributed by atoms with Gasteiger partial charge in [-0.2, -0.15) is 0 Å². The third kappa shape index (κ3) is 5.57. The number of para-hydroxylation sites is 1. The molecule has 3 rings (SSSR count). The van der Waals surface area contributed by atoms with Crippen LogP contribution in [0.25, 0.3) is 0 Å². The van der Waals surface area contributed by atoms with Crippen molar-refractivity contribution in [1.82, 2.24) is 15.5 Å². The van der Waals surface area contributed by atoms with Gasteiger partial charge in [-0.25, -0.2) is 0 Å². The number of thioether (sulfide) groups is 1. The molecule has 0 spiro atoms. The number of carbonyl (C=O) groups is 1. The number of carbonyl (C=O) groups excluding carboxylic acids is 1. The van der Waals surface area contributed by atoms with E-state index in [0.717, 1.165) is 21.6 Å². The van der Waals surface area contributed by atoms with E-state index in [-0.39, 0.29) is 11.2 Å². The summed E-state index contributed by atoms with van der Waals surface area (Å²) in [5, 5.41) is 15.0. The van der Waals surface area contributed by atoms with Crippen molar-refractivity contribution in [2.45, 2.75) is 22.9 Å². The maximum atomic E-state index is 12.2. The van der Waals surface area contributed by atoms with Crippen LogP contribution in [0.4, 0.5) is 10.8 Å². The van der Waals surface area contributed by atoms with E-state index in [1.54, 1.807) is 0 Å². The Labute approximate surface area is 161 Å². The fraction of sp³-hybridized carbons (Fsp3) is 0.211. The quantitative estimate of drug-likeness (QED) is 0.572. The molecule has 0 aliphatic carbocycles. The smallest absolute Gasteiger partial charge is 0.233 e. The Morgan fingerprint density at radius 1 is 1.08 bits per heavy atom. The first-order valence-corrected chi connectivity index (χ1v) is 10.0. The predicted octanol–water partition coefficient (Wildman–Crippen LogP) is 4.12. The molecule has 3 aromatic rings. The molecule has 0 saturated heterocycles. The fourth-order valence-corrected chi connectivity index (χ4v) is 4.22. The van der Waals surface area contributed by atoms with Crippen molar-refractivity contribution in [2.24, 2.45) is 0 Å². The highest BCUT2D eigenvalue weighted by Gasteiger charge is 2.16. The molecule has 0 radical (unpaired) electrons. The van der Waals surface area contributed by atoms with Gasteiger partial charge < -0.3 is 10.6 Å². The zero-order valence-corrected chi connectivity index (χ0v) is 16.0. The largest absolute Gasteiger partial charge is 0.355 e. The first kappa shape index (κ1) is 18.4. The van der Waals surface area contributed by atoms with Gasteiger partial charge in [0.1, 0.15) is 0 Å². The minimum absolute atomic E-state index is 0.0127. The van der Waals surface area contributed by atoms with E-state index in [2.05, 4.69) is 33.0 Å². The summed E-state index contributed by atoms with van der Waals surface area (Å²) < 4.78 is 0.772. The molecule has 26 heavy (non-hydrogen) atoms.